The van der Waals surface area contributed by atoms with Gasteiger partial charge in [-0.2, -0.15) is 0 Å². The van der Waals surface area contributed by atoms with Crippen LogP contribution in [-0.2, 0) is 6.42 Å². The van der Waals surface area contributed by atoms with Crippen molar-refractivity contribution in [3.63, 3.8) is 0 Å². The Hall–Kier alpha value is -1.09. The molecule has 1 aromatic heterocycles. The highest BCUT2D eigenvalue weighted by molar-refractivity contribution is 5.75. The average molecular weight is 194 g/mol. The molecule has 2 N–H and O–H groups in total. The Morgan fingerprint density at radius 3 is 2.64 bits per heavy atom. The van der Waals surface area contributed by atoms with E-state index in [1.165, 1.54) is 5.56 Å². The van der Waals surface area contributed by atoms with Gasteiger partial charge in [-0.15, -0.1) is 0 Å². The first-order chi connectivity index (χ1) is 6.70. The number of hydrogen-bond donors (Lipinski definition) is 2. The zero-order chi connectivity index (χ0) is 10.6. The molecule has 0 bridgehead atoms. The number of H-pyrrole nitrogens is 1. The highest BCUT2D eigenvalue weighted by atomic mass is 16.1. The first-order valence-corrected chi connectivity index (χ1v) is 4.98. The number of hydrogen-bond acceptors (Lipinski definition) is 2. The number of aromatic nitrogens is 1. The summed E-state index contributed by atoms with van der Waals surface area (Å²) in [5.74, 6) is 0. The van der Waals surface area contributed by atoms with Gasteiger partial charge in [-0.25, -0.2) is 0 Å². The molecule has 0 aliphatic carbocycles. The Morgan fingerprint density at radius 2 is 2.14 bits per heavy atom. The van der Waals surface area contributed by atoms with Gasteiger partial charge in [0.2, 0.25) is 0 Å². The normalized spacial score (nSPS) is 10.5. The van der Waals surface area contributed by atoms with E-state index in [1.54, 1.807) is 0 Å². The molecule has 0 saturated carbocycles. The van der Waals surface area contributed by atoms with Crippen molar-refractivity contribution in [2.45, 2.75) is 26.7 Å². The molecule has 3 heteroatoms. The maximum absolute atomic E-state index is 10.7. The van der Waals surface area contributed by atoms with E-state index in [-0.39, 0.29) is 0 Å². The smallest absolute Gasteiger partial charge is 0.166 e. The summed E-state index contributed by atoms with van der Waals surface area (Å²) in [7, 11) is 1.95. The van der Waals surface area contributed by atoms with Crippen LogP contribution in [0.4, 0.5) is 0 Å². The largest absolute Gasteiger partial charge is 0.356 e. The molecule has 78 valence electrons. The Morgan fingerprint density at radius 1 is 1.43 bits per heavy atom. The second-order valence-corrected chi connectivity index (χ2v) is 3.59. The van der Waals surface area contributed by atoms with E-state index < -0.39 is 0 Å². The molecule has 3 nitrogen and oxygen atoms in total. The molecule has 1 heterocycles. The fourth-order valence-corrected chi connectivity index (χ4v) is 1.75. The maximum Gasteiger partial charge on any atom is 0.166 e. The van der Waals surface area contributed by atoms with Gasteiger partial charge in [-0.1, -0.05) is 0 Å². The van der Waals surface area contributed by atoms with Gasteiger partial charge in [-0.3, -0.25) is 4.79 Å². The molecule has 0 radical (unpaired) electrons. The number of carbonyl (C=O) groups excluding carboxylic acids is 1. The average Bonchev–Trinajstić information content (AvgIpc) is 2.45. The van der Waals surface area contributed by atoms with Gasteiger partial charge in [0.05, 0.1) is 5.69 Å². The van der Waals surface area contributed by atoms with E-state index in [1.807, 2.05) is 20.9 Å². The lowest BCUT2D eigenvalue weighted by Crippen LogP contribution is -2.08. The summed E-state index contributed by atoms with van der Waals surface area (Å²) in [6.45, 7) is 5.04. The molecule has 1 rings (SSSR count). The van der Waals surface area contributed by atoms with E-state index in [4.69, 9.17) is 0 Å². The Kier molecular flexibility index (Phi) is 3.89. The number of rotatable bonds is 5. The van der Waals surface area contributed by atoms with Crippen molar-refractivity contribution < 1.29 is 4.79 Å². The van der Waals surface area contributed by atoms with Crippen LogP contribution in [0.15, 0.2) is 0 Å². The molecular weight excluding hydrogens is 176 g/mol. The minimum Gasteiger partial charge on any atom is -0.356 e. The van der Waals surface area contributed by atoms with Crippen molar-refractivity contribution in [3.8, 4) is 0 Å². The van der Waals surface area contributed by atoms with E-state index >= 15 is 0 Å². The predicted octanol–water partition coefficient (Wildman–Crippen LogP) is 1.60. The van der Waals surface area contributed by atoms with Crippen molar-refractivity contribution in [3.05, 3.63) is 22.5 Å². The number of aldehydes is 1. The van der Waals surface area contributed by atoms with Crippen LogP contribution < -0.4 is 5.32 Å². The molecule has 0 aliphatic heterocycles. The fraction of sp³-hybridized carbons (Fsp3) is 0.545. The standard InChI is InChI=1S/C11H18N2O/c1-8-10(5-4-6-12-3)9(2)13-11(8)7-14/h7,12-13H,4-6H2,1-3H3. The Bertz CT molecular complexity index is 315. The molecule has 0 aliphatic rings. The van der Waals surface area contributed by atoms with E-state index in [0.29, 0.717) is 0 Å². The monoisotopic (exact) mass is 194 g/mol. The SMILES string of the molecule is CNCCCc1c(C)[nH]c(C=O)c1C. The van der Waals surface area contributed by atoms with Crippen LogP contribution in [0.5, 0.6) is 0 Å². The third kappa shape index (κ3) is 2.23. The molecule has 0 atom stereocenters. The Labute approximate surface area is 84.9 Å². The quantitative estimate of drug-likeness (QED) is 0.552. The maximum atomic E-state index is 10.7. The summed E-state index contributed by atoms with van der Waals surface area (Å²) in [5, 5.41) is 3.12. The summed E-state index contributed by atoms with van der Waals surface area (Å²) in [6, 6.07) is 0. The zero-order valence-corrected chi connectivity index (χ0v) is 9.11. The summed E-state index contributed by atoms with van der Waals surface area (Å²) in [5.41, 5.74) is 4.25. The summed E-state index contributed by atoms with van der Waals surface area (Å²) in [4.78, 5) is 13.8. The molecule has 0 saturated heterocycles. The van der Waals surface area contributed by atoms with Crippen LogP contribution in [-0.4, -0.2) is 24.9 Å². The lowest BCUT2D eigenvalue weighted by atomic mass is 10.1. The van der Waals surface area contributed by atoms with Gasteiger partial charge in [0.1, 0.15) is 0 Å². The molecule has 0 aromatic carbocycles. The highest BCUT2D eigenvalue weighted by Gasteiger charge is 2.09. The number of nitrogens with one attached hydrogen (secondary N) is 2. The second-order valence-electron chi connectivity index (χ2n) is 3.59. The van der Waals surface area contributed by atoms with Crippen LogP contribution in [0.1, 0.15) is 33.7 Å². The molecule has 14 heavy (non-hydrogen) atoms. The first kappa shape index (κ1) is 11.0. The third-order valence-corrected chi connectivity index (χ3v) is 2.60. The predicted molar refractivity (Wildman–Crippen MR) is 57.9 cm³/mol. The van der Waals surface area contributed by atoms with Crippen molar-refractivity contribution in [2.75, 3.05) is 13.6 Å². The van der Waals surface area contributed by atoms with E-state index in [2.05, 4.69) is 10.3 Å². The van der Waals surface area contributed by atoms with Crippen molar-refractivity contribution in [1.29, 1.82) is 0 Å². The number of aryl methyl sites for hydroxylation is 1. The molecule has 1 aromatic rings. The molecule has 0 spiro atoms. The topological polar surface area (TPSA) is 44.9 Å². The molecule has 0 unspecified atom stereocenters. The van der Waals surface area contributed by atoms with Crippen LogP contribution in [0.3, 0.4) is 0 Å². The van der Waals surface area contributed by atoms with Crippen molar-refractivity contribution >= 4 is 6.29 Å². The zero-order valence-electron chi connectivity index (χ0n) is 9.11. The van der Waals surface area contributed by atoms with Gasteiger partial charge in [0.15, 0.2) is 6.29 Å². The summed E-state index contributed by atoms with van der Waals surface area (Å²) >= 11 is 0. The minimum absolute atomic E-state index is 0.724. The molecule has 0 amide bonds. The fourth-order valence-electron chi connectivity index (χ4n) is 1.75. The van der Waals surface area contributed by atoms with E-state index in [0.717, 1.165) is 42.6 Å². The van der Waals surface area contributed by atoms with Crippen LogP contribution in [0.2, 0.25) is 0 Å². The van der Waals surface area contributed by atoms with Crippen molar-refractivity contribution in [1.82, 2.24) is 10.3 Å². The molecule has 0 fully saturated rings. The third-order valence-electron chi connectivity index (χ3n) is 2.60. The van der Waals surface area contributed by atoms with Crippen LogP contribution in [0.25, 0.3) is 0 Å². The summed E-state index contributed by atoms with van der Waals surface area (Å²) in [6.07, 6.45) is 3.03. The minimum atomic E-state index is 0.724. The summed E-state index contributed by atoms with van der Waals surface area (Å²) < 4.78 is 0. The van der Waals surface area contributed by atoms with Crippen LogP contribution in [0, 0.1) is 13.8 Å². The van der Waals surface area contributed by atoms with Crippen molar-refractivity contribution in [2.24, 2.45) is 0 Å². The van der Waals surface area contributed by atoms with E-state index in [9.17, 15) is 4.79 Å². The highest BCUT2D eigenvalue weighted by Crippen LogP contribution is 2.17. The lowest BCUT2D eigenvalue weighted by Gasteiger charge is -2.01. The Balaban J connectivity index is 2.75. The lowest BCUT2D eigenvalue weighted by molar-refractivity contribution is 0.111. The number of carbonyl (C=O) groups is 1. The van der Waals surface area contributed by atoms with Gasteiger partial charge >= 0.3 is 0 Å². The van der Waals surface area contributed by atoms with Gasteiger partial charge < -0.3 is 10.3 Å². The first-order valence-electron chi connectivity index (χ1n) is 4.98. The van der Waals surface area contributed by atoms with Gasteiger partial charge in [-0.05, 0) is 51.4 Å². The van der Waals surface area contributed by atoms with Gasteiger partial charge in [0, 0.05) is 5.69 Å². The molecular formula is C11H18N2O. The second kappa shape index (κ2) is 4.96. The van der Waals surface area contributed by atoms with Gasteiger partial charge in [0.25, 0.3) is 0 Å². The van der Waals surface area contributed by atoms with Crippen LogP contribution >= 0.6 is 0 Å². The number of aromatic amines is 1.